The Balaban J connectivity index is 1.67. The Morgan fingerprint density at radius 2 is 2.08 bits per heavy atom. The van der Waals surface area contributed by atoms with Crippen molar-refractivity contribution in [1.29, 1.82) is 0 Å². The summed E-state index contributed by atoms with van der Waals surface area (Å²) in [6, 6.07) is 1.84. The van der Waals surface area contributed by atoms with Crippen LogP contribution < -0.4 is 10.6 Å². The maximum Gasteiger partial charge on any atom is 0.192 e. The zero-order valence-corrected chi connectivity index (χ0v) is 16.7. The molecule has 0 aliphatic carbocycles. The van der Waals surface area contributed by atoms with Gasteiger partial charge in [0.15, 0.2) is 11.8 Å². The van der Waals surface area contributed by atoms with Crippen LogP contribution in [0.15, 0.2) is 11.1 Å². The molecule has 0 spiro atoms. The van der Waals surface area contributed by atoms with Crippen molar-refractivity contribution in [3.05, 3.63) is 33.6 Å². The second-order valence-electron chi connectivity index (χ2n) is 6.38. The van der Waals surface area contributed by atoms with Crippen LogP contribution in [0.2, 0.25) is 10.2 Å². The van der Waals surface area contributed by atoms with Crippen molar-refractivity contribution in [2.24, 2.45) is 12.0 Å². The molecule has 26 heavy (non-hydrogen) atoms. The van der Waals surface area contributed by atoms with E-state index in [1.807, 2.05) is 24.6 Å². The molecule has 0 fully saturated rings. The summed E-state index contributed by atoms with van der Waals surface area (Å²) in [5.74, 6) is 2.78. The molecule has 2 aromatic heterocycles. The van der Waals surface area contributed by atoms with Gasteiger partial charge in [-0.05, 0) is 25.8 Å². The van der Waals surface area contributed by atoms with Crippen molar-refractivity contribution in [2.45, 2.75) is 52.2 Å². The molecule has 0 unspecified atom stereocenters. The molecule has 1 aliphatic rings. The van der Waals surface area contributed by atoms with E-state index in [1.54, 1.807) is 0 Å². The minimum Gasteiger partial charge on any atom is -0.357 e. The van der Waals surface area contributed by atoms with E-state index in [1.165, 1.54) is 19.3 Å². The Bertz CT molecular complexity index is 778. The van der Waals surface area contributed by atoms with Crippen LogP contribution in [0.1, 0.15) is 43.5 Å². The summed E-state index contributed by atoms with van der Waals surface area (Å²) in [6.45, 7) is 4.88. The minimum atomic E-state index is 0.482. The van der Waals surface area contributed by atoms with Crippen LogP contribution in [0.3, 0.4) is 0 Å². The number of rotatable bonds is 5. The van der Waals surface area contributed by atoms with Gasteiger partial charge in [-0.1, -0.05) is 29.6 Å². The molecule has 9 heteroatoms. The highest BCUT2D eigenvalue weighted by molar-refractivity contribution is 6.41. The van der Waals surface area contributed by atoms with Crippen molar-refractivity contribution in [1.82, 2.24) is 30.0 Å². The van der Waals surface area contributed by atoms with Gasteiger partial charge in [0.25, 0.3) is 0 Å². The molecule has 2 aromatic rings. The molecule has 0 radical (unpaired) electrons. The zero-order chi connectivity index (χ0) is 18.5. The van der Waals surface area contributed by atoms with Gasteiger partial charge in [0, 0.05) is 32.3 Å². The molecule has 3 rings (SSSR count). The third kappa shape index (κ3) is 4.32. The predicted molar refractivity (Wildman–Crippen MR) is 105 cm³/mol. The van der Waals surface area contributed by atoms with Crippen molar-refractivity contribution >= 4 is 29.2 Å². The van der Waals surface area contributed by atoms with Gasteiger partial charge >= 0.3 is 0 Å². The molecule has 0 bridgehead atoms. The average Bonchev–Trinajstić information content (AvgIpc) is 3.01. The molecule has 2 N–H and O–H groups in total. The lowest BCUT2D eigenvalue weighted by atomic mass is 10.2. The van der Waals surface area contributed by atoms with E-state index in [-0.39, 0.29) is 0 Å². The first kappa shape index (κ1) is 19.0. The average molecular weight is 398 g/mol. The zero-order valence-electron chi connectivity index (χ0n) is 15.2. The number of hydrogen-bond acceptors (Lipinski definition) is 3. The number of aliphatic imine (C=N–C) groups is 1. The predicted octanol–water partition coefficient (Wildman–Crippen LogP) is 2.91. The topological polar surface area (TPSA) is 72.1 Å². The molecule has 7 nitrogen and oxygen atoms in total. The largest absolute Gasteiger partial charge is 0.357 e. The normalized spacial score (nSPS) is 14.8. The van der Waals surface area contributed by atoms with Gasteiger partial charge in [-0.25, -0.2) is 4.99 Å². The second-order valence-corrected chi connectivity index (χ2v) is 7.14. The fraction of sp³-hybridized carbons (Fsp3) is 0.588. The van der Waals surface area contributed by atoms with Gasteiger partial charge in [0.05, 0.1) is 18.1 Å². The van der Waals surface area contributed by atoms with E-state index in [9.17, 15) is 0 Å². The summed E-state index contributed by atoms with van der Waals surface area (Å²) < 4.78 is 4.08. The van der Waals surface area contributed by atoms with Crippen molar-refractivity contribution < 1.29 is 0 Å². The number of hydrogen-bond donors (Lipinski definition) is 2. The lowest BCUT2D eigenvalue weighted by Crippen LogP contribution is -2.37. The number of nitrogens with one attached hydrogen (secondary N) is 2. The van der Waals surface area contributed by atoms with Crippen molar-refractivity contribution in [3.8, 4) is 0 Å². The number of aromatic nitrogens is 4. The number of fused-ring (bicyclic) bond motifs is 1. The molecule has 3 heterocycles. The highest BCUT2D eigenvalue weighted by Gasteiger charge is 2.15. The third-order valence-corrected chi connectivity index (χ3v) is 5.40. The maximum absolute atomic E-state index is 6.12. The highest BCUT2D eigenvalue weighted by Crippen LogP contribution is 2.25. The fourth-order valence-corrected chi connectivity index (χ4v) is 3.50. The molecule has 1 aliphatic heterocycles. The molecule has 142 valence electrons. The highest BCUT2D eigenvalue weighted by atomic mass is 35.5. The number of halogens is 2. The van der Waals surface area contributed by atoms with Crippen LogP contribution in [-0.2, 0) is 33.1 Å². The Morgan fingerprint density at radius 1 is 1.23 bits per heavy atom. The Hall–Kier alpha value is -1.73. The fourth-order valence-electron chi connectivity index (χ4n) is 3.08. The summed E-state index contributed by atoms with van der Waals surface area (Å²) in [7, 11) is 1.88. The lowest BCUT2D eigenvalue weighted by molar-refractivity contribution is 0.596. The first-order chi connectivity index (χ1) is 12.6. The number of nitrogens with zero attached hydrogens (tertiary/aromatic N) is 5. The molecular weight excluding hydrogens is 373 g/mol. The van der Waals surface area contributed by atoms with Gasteiger partial charge < -0.3 is 19.8 Å². The van der Waals surface area contributed by atoms with Gasteiger partial charge in [-0.3, -0.25) is 0 Å². The van der Waals surface area contributed by atoms with Gasteiger partial charge in [0.2, 0.25) is 0 Å². The van der Waals surface area contributed by atoms with Crippen LogP contribution in [-0.4, -0.2) is 31.8 Å². The monoisotopic (exact) mass is 397 g/mol. The van der Waals surface area contributed by atoms with E-state index in [2.05, 4.69) is 30.4 Å². The van der Waals surface area contributed by atoms with E-state index in [4.69, 9.17) is 23.2 Å². The van der Waals surface area contributed by atoms with Crippen LogP contribution in [0.4, 0.5) is 0 Å². The molecule has 0 saturated carbocycles. The van der Waals surface area contributed by atoms with Crippen molar-refractivity contribution in [3.63, 3.8) is 0 Å². The Labute approximate surface area is 163 Å². The summed E-state index contributed by atoms with van der Waals surface area (Å²) >= 11 is 12.2. The molecule has 0 atom stereocenters. The molecule has 0 saturated heterocycles. The SMILES string of the molecule is CCNC(=NCc1cc(Cl)c(Cl)n1C)NCc1nnc2n1CCCCC2. The van der Waals surface area contributed by atoms with E-state index < -0.39 is 0 Å². The van der Waals surface area contributed by atoms with Crippen LogP contribution in [0, 0.1) is 0 Å². The Morgan fingerprint density at radius 3 is 2.81 bits per heavy atom. The van der Waals surface area contributed by atoms with Crippen LogP contribution in [0.25, 0.3) is 0 Å². The number of aryl methyl sites for hydroxylation is 1. The van der Waals surface area contributed by atoms with Crippen LogP contribution in [0.5, 0.6) is 0 Å². The standard InChI is InChI=1S/C17H25Cl2N7/c1-3-20-17(21-10-12-9-13(18)16(19)25(12)2)22-11-15-24-23-14-7-5-4-6-8-26(14)15/h9H,3-8,10-11H2,1-2H3,(H2,20,21,22). The van der Waals surface area contributed by atoms with Gasteiger partial charge in [-0.2, -0.15) is 0 Å². The minimum absolute atomic E-state index is 0.482. The second kappa shape index (κ2) is 8.77. The summed E-state index contributed by atoms with van der Waals surface area (Å²) in [6.07, 6.45) is 4.64. The quantitative estimate of drug-likeness (QED) is 0.600. The maximum atomic E-state index is 6.12. The van der Waals surface area contributed by atoms with E-state index >= 15 is 0 Å². The molecule has 0 aromatic carbocycles. The van der Waals surface area contributed by atoms with Gasteiger partial charge in [0.1, 0.15) is 11.0 Å². The first-order valence-corrected chi connectivity index (χ1v) is 9.78. The smallest absolute Gasteiger partial charge is 0.192 e. The Kier molecular flexibility index (Phi) is 6.43. The van der Waals surface area contributed by atoms with Crippen LogP contribution >= 0.6 is 23.2 Å². The van der Waals surface area contributed by atoms with Gasteiger partial charge in [-0.15, -0.1) is 10.2 Å². The van der Waals surface area contributed by atoms with E-state index in [0.717, 1.165) is 42.8 Å². The van der Waals surface area contributed by atoms with E-state index in [0.29, 0.717) is 23.3 Å². The first-order valence-electron chi connectivity index (χ1n) is 9.03. The summed E-state index contributed by atoms with van der Waals surface area (Å²) in [4.78, 5) is 4.63. The number of guanidine groups is 1. The summed E-state index contributed by atoms with van der Waals surface area (Å²) in [5.41, 5.74) is 0.952. The summed E-state index contributed by atoms with van der Waals surface area (Å²) in [5, 5.41) is 16.4. The third-order valence-electron chi connectivity index (χ3n) is 4.56. The lowest BCUT2D eigenvalue weighted by Gasteiger charge is -2.12. The molecular formula is C17H25Cl2N7. The molecule has 0 amide bonds. The van der Waals surface area contributed by atoms with Crippen molar-refractivity contribution in [2.75, 3.05) is 6.54 Å².